The van der Waals surface area contributed by atoms with Crippen molar-refractivity contribution in [1.29, 1.82) is 0 Å². The highest BCUT2D eigenvalue weighted by molar-refractivity contribution is 6.32. The number of carbonyl (C=O) groups is 2. The molecular formula is C12H14ClNO5. The van der Waals surface area contributed by atoms with Gasteiger partial charge >= 0.3 is 5.97 Å². The van der Waals surface area contributed by atoms with Crippen LogP contribution in [0.3, 0.4) is 0 Å². The molecule has 0 heterocycles. The number of aliphatic carboxylic acids is 1. The lowest BCUT2D eigenvalue weighted by molar-refractivity contribution is -0.144. The molecule has 0 fully saturated rings. The number of methoxy groups -OCH3 is 2. The van der Waals surface area contributed by atoms with Crippen LogP contribution in [-0.4, -0.2) is 31.2 Å². The Kier molecular flexibility index (Phi) is 5.00. The Balaban J connectivity index is 3.06. The Labute approximate surface area is 115 Å². The molecule has 0 aromatic heterocycles. The molecule has 1 aromatic rings. The van der Waals surface area contributed by atoms with Crippen molar-refractivity contribution in [3.05, 3.63) is 17.2 Å². The van der Waals surface area contributed by atoms with Crippen LogP contribution in [0.5, 0.6) is 11.5 Å². The first kappa shape index (κ1) is 15.1. The van der Waals surface area contributed by atoms with Crippen LogP contribution in [0.2, 0.25) is 5.02 Å². The van der Waals surface area contributed by atoms with E-state index in [1.54, 1.807) is 0 Å². The van der Waals surface area contributed by atoms with Gasteiger partial charge < -0.3 is 19.9 Å². The van der Waals surface area contributed by atoms with Crippen LogP contribution in [0.1, 0.15) is 6.92 Å². The van der Waals surface area contributed by atoms with Crippen LogP contribution in [0, 0.1) is 5.92 Å². The maximum absolute atomic E-state index is 11.7. The van der Waals surface area contributed by atoms with Gasteiger partial charge in [0.15, 0.2) is 0 Å². The van der Waals surface area contributed by atoms with E-state index in [0.29, 0.717) is 22.2 Å². The van der Waals surface area contributed by atoms with E-state index in [-0.39, 0.29) is 0 Å². The lowest BCUT2D eigenvalue weighted by Crippen LogP contribution is -2.27. The molecule has 0 spiro atoms. The molecule has 1 rings (SSSR count). The van der Waals surface area contributed by atoms with Crippen LogP contribution < -0.4 is 14.8 Å². The quantitative estimate of drug-likeness (QED) is 0.809. The number of halogens is 1. The molecule has 0 aliphatic heterocycles. The Morgan fingerprint density at radius 1 is 1.26 bits per heavy atom. The second kappa shape index (κ2) is 6.29. The molecule has 0 aliphatic carbocycles. The molecule has 1 unspecified atom stereocenters. The minimum absolute atomic E-state index is 0.293. The molecular weight excluding hydrogens is 274 g/mol. The molecule has 1 aromatic carbocycles. The first-order valence-corrected chi connectivity index (χ1v) is 5.73. The number of carboxylic acid groups (broad SMARTS) is 1. The van der Waals surface area contributed by atoms with Gasteiger partial charge in [-0.25, -0.2) is 0 Å². The summed E-state index contributed by atoms with van der Waals surface area (Å²) in [7, 11) is 2.84. The van der Waals surface area contributed by atoms with Gasteiger partial charge in [-0.15, -0.1) is 0 Å². The summed E-state index contributed by atoms with van der Waals surface area (Å²) in [5.74, 6) is -2.38. The summed E-state index contributed by atoms with van der Waals surface area (Å²) in [6.07, 6.45) is 0. The molecule has 0 aliphatic rings. The normalized spacial score (nSPS) is 11.6. The number of ether oxygens (including phenoxy) is 2. The fraction of sp³-hybridized carbons (Fsp3) is 0.333. The summed E-state index contributed by atoms with van der Waals surface area (Å²) >= 11 is 5.92. The van der Waals surface area contributed by atoms with Gasteiger partial charge in [-0.1, -0.05) is 11.6 Å². The fourth-order valence-corrected chi connectivity index (χ4v) is 1.54. The van der Waals surface area contributed by atoms with Crippen molar-refractivity contribution in [1.82, 2.24) is 0 Å². The molecule has 0 radical (unpaired) electrons. The third-order valence-corrected chi connectivity index (χ3v) is 2.79. The summed E-state index contributed by atoms with van der Waals surface area (Å²) in [6.45, 7) is 1.29. The average molecular weight is 288 g/mol. The van der Waals surface area contributed by atoms with E-state index in [2.05, 4.69) is 5.32 Å². The fourth-order valence-electron chi connectivity index (χ4n) is 1.31. The predicted molar refractivity (Wildman–Crippen MR) is 70.0 cm³/mol. The number of amides is 1. The molecule has 104 valence electrons. The van der Waals surface area contributed by atoms with E-state index in [1.165, 1.54) is 33.3 Å². The van der Waals surface area contributed by atoms with E-state index in [9.17, 15) is 9.59 Å². The Morgan fingerprint density at radius 2 is 1.84 bits per heavy atom. The number of carboxylic acids is 1. The number of nitrogens with one attached hydrogen (secondary N) is 1. The van der Waals surface area contributed by atoms with Crippen LogP contribution in [0.25, 0.3) is 0 Å². The minimum Gasteiger partial charge on any atom is -0.495 e. The van der Waals surface area contributed by atoms with E-state index in [0.717, 1.165) is 0 Å². The minimum atomic E-state index is -1.21. The first-order chi connectivity index (χ1) is 8.90. The van der Waals surface area contributed by atoms with Crippen molar-refractivity contribution >= 4 is 29.2 Å². The number of rotatable bonds is 5. The summed E-state index contributed by atoms with van der Waals surface area (Å²) in [4.78, 5) is 22.4. The molecule has 0 saturated heterocycles. The number of benzene rings is 1. The van der Waals surface area contributed by atoms with Crippen molar-refractivity contribution in [3.63, 3.8) is 0 Å². The lowest BCUT2D eigenvalue weighted by Gasteiger charge is -2.14. The number of anilines is 1. The van der Waals surface area contributed by atoms with Gasteiger partial charge in [-0.2, -0.15) is 0 Å². The van der Waals surface area contributed by atoms with Crippen molar-refractivity contribution in [2.45, 2.75) is 6.92 Å². The number of hydrogen-bond donors (Lipinski definition) is 2. The first-order valence-electron chi connectivity index (χ1n) is 5.35. The SMILES string of the molecule is COc1cc(NC(=O)C(C)C(=O)O)c(OC)cc1Cl. The van der Waals surface area contributed by atoms with Crippen molar-refractivity contribution in [2.24, 2.45) is 5.92 Å². The van der Waals surface area contributed by atoms with Crippen LogP contribution >= 0.6 is 11.6 Å². The second-order valence-electron chi connectivity index (χ2n) is 3.74. The average Bonchev–Trinajstić information content (AvgIpc) is 2.38. The van der Waals surface area contributed by atoms with Crippen molar-refractivity contribution in [3.8, 4) is 11.5 Å². The van der Waals surface area contributed by atoms with Crippen LogP contribution in [0.15, 0.2) is 12.1 Å². The Morgan fingerprint density at radius 3 is 2.32 bits per heavy atom. The third-order valence-electron chi connectivity index (χ3n) is 2.50. The molecule has 0 bridgehead atoms. The Bertz CT molecular complexity index is 503. The monoisotopic (exact) mass is 287 g/mol. The second-order valence-corrected chi connectivity index (χ2v) is 4.14. The smallest absolute Gasteiger partial charge is 0.315 e. The van der Waals surface area contributed by atoms with E-state index in [1.807, 2.05) is 0 Å². The van der Waals surface area contributed by atoms with Gasteiger partial charge in [-0.3, -0.25) is 9.59 Å². The van der Waals surface area contributed by atoms with Gasteiger partial charge in [0, 0.05) is 12.1 Å². The van der Waals surface area contributed by atoms with Crippen molar-refractivity contribution < 1.29 is 24.2 Å². The molecule has 1 amide bonds. The lowest BCUT2D eigenvalue weighted by atomic mass is 10.1. The molecule has 0 saturated carbocycles. The van der Waals surface area contributed by atoms with E-state index >= 15 is 0 Å². The molecule has 1 atom stereocenters. The highest BCUT2D eigenvalue weighted by Crippen LogP contribution is 2.35. The largest absolute Gasteiger partial charge is 0.495 e. The zero-order valence-corrected chi connectivity index (χ0v) is 11.4. The maximum atomic E-state index is 11.7. The molecule has 6 nitrogen and oxygen atoms in total. The number of carbonyl (C=O) groups excluding carboxylic acids is 1. The summed E-state index contributed by atoms with van der Waals surface area (Å²) < 4.78 is 10.1. The van der Waals surface area contributed by atoms with Gasteiger partial charge in [-0.05, 0) is 6.92 Å². The zero-order valence-electron chi connectivity index (χ0n) is 10.7. The predicted octanol–water partition coefficient (Wildman–Crippen LogP) is 2.02. The van der Waals surface area contributed by atoms with E-state index in [4.69, 9.17) is 26.2 Å². The van der Waals surface area contributed by atoms with Crippen molar-refractivity contribution in [2.75, 3.05) is 19.5 Å². The van der Waals surface area contributed by atoms with Gasteiger partial charge in [0.25, 0.3) is 0 Å². The maximum Gasteiger partial charge on any atom is 0.315 e. The topological polar surface area (TPSA) is 84.9 Å². The van der Waals surface area contributed by atoms with Gasteiger partial charge in [0.2, 0.25) is 5.91 Å². The number of hydrogen-bond acceptors (Lipinski definition) is 4. The summed E-state index contributed by atoms with van der Waals surface area (Å²) in [5, 5.41) is 11.5. The molecule has 19 heavy (non-hydrogen) atoms. The highest BCUT2D eigenvalue weighted by Gasteiger charge is 2.22. The highest BCUT2D eigenvalue weighted by atomic mass is 35.5. The van der Waals surface area contributed by atoms with Crippen LogP contribution in [-0.2, 0) is 9.59 Å². The van der Waals surface area contributed by atoms with Gasteiger partial charge in [0.05, 0.1) is 24.9 Å². The van der Waals surface area contributed by atoms with E-state index < -0.39 is 17.8 Å². The zero-order chi connectivity index (χ0) is 14.6. The molecule has 7 heteroatoms. The summed E-state index contributed by atoms with van der Waals surface area (Å²) in [5.41, 5.74) is 0.293. The standard InChI is InChI=1S/C12H14ClNO5/c1-6(12(16)17)11(15)14-8-5-9(18-2)7(13)4-10(8)19-3/h4-6H,1-3H3,(H,14,15)(H,16,17). The molecule has 2 N–H and O–H groups in total. The summed E-state index contributed by atoms with van der Waals surface area (Å²) in [6, 6.07) is 2.94. The Hall–Kier alpha value is -1.95. The van der Waals surface area contributed by atoms with Gasteiger partial charge in [0.1, 0.15) is 17.4 Å². The van der Waals surface area contributed by atoms with Crippen LogP contribution in [0.4, 0.5) is 5.69 Å². The third kappa shape index (κ3) is 3.51.